The fourth-order valence-corrected chi connectivity index (χ4v) is 7.70. The summed E-state index contributed by atoms with van der Waals surface area (Å²) in [7, 11) is 1.21. The van der Waals surface area contributed by atoms with Crippen molar-refractivity contribution >= 4 is 106 Å². The number of halogens is 17. The van der Waals surface area contributed by atoms with Crippen molar-refractivity contribution in [1.82, 2.24) is 4.98 Å². The van der Waals surface area contributed by atoms with Gasteiger partial charge in [-0.3, -0.25) is 0 Å². The van der Waals surface area contributed by atoms with Gasteiger partial charge in [0.25, 0.3) is 0 Å². The van der Waals surface area contributed by atoms with Gasteiger partial charge in [0.1, 0.15) is 5.82 Å². The maximum atomic E-state index is 13.0. The number of carboxylic acid groups (broad SMARTS) is 4. The average molecular weight is 1130 g/mol. The minimum absolute atomic E-state index is 0.0493. The normalized spacial score (nSPS) is 18.6. The van der Waals surface area contributed by atoms with Crippen molar-refractivity contribution in [3.05, 3.63) is 132 Å². The molecule has 0 saturated carbocycles. The van der Waals surface area contributed by atoms with E-state index in [9.17, 15) is 80.6 Å². The number of hydrogen-bond donors (Lipinski definition) is 7. The number of aromatic nitrogens is 1. The van der Waals surface area contributed by atoms with Crippen LogP contribution in [0.5, 0.6) is 0 Å². The number of pyridine rings is 1. The highest BCUT2D eigenvalue weighted by Gasteiger charge is 2.50. The molecule has 8 rings (SSSR count). The van der Waals surface area contributed by atoms with Crippen LogP contribution >= 0.6 is 34.8 Å². The fraction of sp³-hybridized carbons (Fsp3) is 0.205. The third-order valence-corrected chi connectivity index (χ3v) is 11.1. The largest absolute Gasteiger partial charge is 0.478 e. The van der Waals surface area contributed by atoms with Crippen LogP contribution in [-0.2, 0) is 19.2 Å². The number of benzene rings is 3. The molecule has 30 heteroatoms. The summed E-state index contributed by atoms with van der Waals surface area (Å²) in [6.45, 7) is 0. The lowest BCUT2D eigenvalue weighted by Gasteiger charge is -2.36. The average Bonchev–Trinajstić information content (AvgIpc) is 3.27. The van der Waals surface area contributed by atoms with Crippen molar-refractivity contribution in [2.45, 2.75) is 48.9 Å². The zero-order chi connectivity index (χ0) is 55.7. The van der Waals surface area contributed by atoms with E-state index in [4.69, 9.17) is 55.2 Å². The maximum Gasteiger partial charge on any atom is 0.413 e. The number of likely N-dealkylation sites (N-methyl/N-ethyl adjacent to an activating group) is 1. The van der Waals surface area contributed by atoms with Crippen LogP contribution in [0.15, 0.2) is 83.1 Å². The van der Waals surface area contributed by atoms with Gasteiger partial charge in [-0.15, -0.1) is 0 Å². The van der Waals surface area contributed by atoms with Crippen molar-refractivity contribution < 1.29 is 101 Å². The van der Waals surface area contributed by atoms with E-state index < -0.39 is 107 Å². The predicted molar refractivity (Wildman–Crippen MR) is 240 cm³/mol. The fourth-order valence-electron chi connectivity index (χ4n) is 7.17. The van der Waals surface area contributed by atoms with Crippen LogP contribution in [0.2, 0.25) is 15.1 Å². The SMILES string of the molecule is CN1c2ccc(Cl)cc2C=C(C(=O)O)C1C(F)(F)F.O=C(O)C1=Cc2cc(Cl)ccc2N[C@@H]1C(F)(F)F.O=C(O)C1=Cc2cc(Cl)cnc2NC1C(F)(F)F.O=C(O)C1=Cc2cc(F)c(F)cc2NC1C(F)(F)F. The predicted octanol–water partition coefficient (Wildman–Crippen LogP) is 11.7. The first kappa shape index (κ1) is 57.6. The van der Waals surface area contributed by atoms with Crippen LogP contribution in [0.3, 0.4) is 0 Å². The van der Waals surface area contributed by atoms with Crippen LogP contribution in [0.25, 0.3) is 24.3 Å². The Bertz CT molecular complexity index is 2930. The molecule has 0 fully saturated rings. The highest BCUT2D eigenvalue weighted by molar-refractivity contribution is 6.31. The molecular formula is C44H28Cl3F14N5O8. The van der Waals surface area contributed by atoms with Crippen LogP contribution in [0.4, 0.5) is 84.3 Å². The number of fused-ring (bicyclic) bond motifs is 4. The standard InChI is InChI=1S/C12H9ClF3NO2.C11H7ClF3NO2.C11H6F5NO2.C10H6ClF3N2O2/c1-17-9-3-2-7(13)4-6(9)5-8(11(18)19)10(17)12(14,15)16;12-6-1-2-8-5(3-6)4-7(10(17)18)9(16-8)11(13,14)15;12-6-2-4-1-5(10(18)19)9(11(14,15)16)17-8(4)3-7(6)13;11-5-1-4-2-6(9(17)18)7(10(12,13)14)16-8(4)15-3-5/h2-5,10H,1H3,(H,18,19);1-4,9,16H,(H,17,18);1-3,9,17H,(H,18,19);1-3,7H,(H,15,16)(H,17,18)/t;9-;;/m.0../s1. The third kappa shape index (κ3) is 13.5. The molecular weight excluding hydrogens is 1100 g/mol. The molecule has 0 amide bonds. The monoisotopic (exact) mass is 1130 g/mol. The summed E-state index contributed by atoms with van der Waals surface area (Å²) >= 11 is 17.1. The summed E-state index contributed by atoms with van der Waals surface area (Å²) in [5, 5.41) is 42.3. The molecule has 4 aliphatic rings. The molecule has 3 aromatic carbocycles. The number of carbonyl (C=O) groups is 4. The maximum absolute atomic E-state index is 13.0. The number of aliphatic carboxylic acids is 4. The van der Waals surface area contributed by atoms with Crippen molar-refractivity contribution in [1.29, 1.82) is 0 Å². The van der Waals surface area contributed by atoms with Crippen LogP contribution in [0.1, 0.15) is 22.3 Å². The van der Waals surface area contributed by atoms with Gasteiger partial charge in [-0.2, -0.15) is 52.7 Å². The molecule has 0 radical (unpaired) electrons. The highest BCUT2D eigenvalue weighted by Crippen LogP contribution is 2.42. The van der Waals surface area contributed by atoms with Gasteiger partial charge in [-0.25, -0.2) is 32.9 Å². The Morgan fingerprint density at radius 1 is 0.500 bits per heavy atom. The van der Waals surface area contributed by atoms with Gasteiger partial charge in [0, 0.05) is 57.5 Å². The lowest BCUT2D eigenvalue weighted by Crippen LogP contribution is -2.48. The van der Waals surface area contributed by atoms with Crippen LogP contribution < -0.4 is 20.9 Å². The third-order valence-electron chi connectivity index (χ3n) is 10.4. The molecule has 4 atom stereocenters. The van der Waals surface area contributed by atoms with Crippen molar-refractivity contribution in [3.8, 4) is 0 Å². The second-order valence-corrected chi connectivity index (χ2v) is 16.7. The minimum atomic E-state index is -4.87. The Labute approximate surface area is 419 Å². The van der Waals surface area contributed by atoms with Gasteiger partial charge in [0.05, 0.1) is 27.3 Å². The van der Waals surface area contributed by atoms with Gasteiger partial charge in [0.15, 0.2) is 35.8 Å². The quantitative estimate of drug-likeness (QED) is 0.0953. The summed E-state index contributed by atoms with van der Waals surface area (Å²) in [5.41, 5.74) is -2.34. The van der Waals surface area contributed by atoms with Crippen molar-refractivity contribution in [3.63, 3.8) is 0 Å². The Kier molecular flexibility index (Phi) is 16.9. The van der Waals surface area contributed by atoms with Crippen molar-refractivity contribution in [2.75, 3.05) is 27.9 Å². The molecule has 0 aliphatic carbocycles. The van der Waals surface area contributed by atoms with E-state index >= 15 is 0 Å². The first-order chi connectivity index (χ1) is 34.0. The molecule has 0 bridgehead atoms. The molecule has 13 nitrogen and oxygen atoms in total. The molecule has 74 heavy (non-hydrogen) atoms. The summed E-state index contributed by atoms with van der Waals surface area (Å²) in [5.74, 6) is -9.28. The van der Waals surface area contributed by atoms with Gasteiger partial charge in [0.2, 0.25) is 0 Å². The number of rotatable bonds is 4. The van der Waals surface area contributed by atoms with E-state index in [2.05, 4.69) is 15.6 Å². The van der Waals surface area contributed by atoms with E-state index in [0.717, 1.165) is 23.1 Å². The summed E-state index contributed by atoms with van der Waals surface area (Å²) < 4.78 is 179. The van der Waals surface area contributed by atoms with Crippen LogP contribution in [0, 0.1) is 11.6 Å². The Hall–Kier alpha value is -7.26. The number of anilines is 4. The lowest BCUT2D eigenvalue weighted by atomic mass is 9.95. The highest BCUT2D eigenvalue weighted by atomic mass is 35.5. The summed E-state index contributed by atoms with van der Waals surface area (Å²) in [4.78, 5) is 48.1. The Balaban J connectivity index is 0.000000183. The van der Waals surface area contributed by atoms with Crippen molar-refractivity contribution in [2.24, 2.45) is 0 Å². The van der Waals surface area contributed by atoms with Gasteiger partial charge in [-0.05, 0) is 84.0 Å². The van der Waals surface area contributed by atoms with Crippen LogP contribution in [-0.4, -0.2) is 105 Å². The van der Waals surface area contributed by atoms with E-state index in [1.54, 1.807) is 0 Å². The Morgan fingerprint density at radius 2 is 0.892 bits per heavy atom. The number of carboxylic acids is 4. The zero-order valence-electron chi connectivity index (χ0n) is 36.1. The van der Waals surface area contributed by atoms with Gasteiger partial charge in [-0.1, -0.05) is 34.8 Å². The molecule has 4 aliphatic heterocycles. The Morgan fingerprint density at radius 3 is 1.36 bits per heavy atom. The number of nitrogens with zero attached hydrogens (tertiary/aromatic N) is 2. The first-order valence-corrected chi connectivity index (χ1v) is 20.9. The first-order valence-electron chi connectivity index (χ1n) is 19.8. The summed E-state index contributed by atoms with van der Waals surface area (Å²) in [6, 6.07) is 1.93. The smallest absolute Gasteiger partial charge is 0.413 e. The molecule has 0 saturated heterocycles. The number of nitrogens with one attached hydrogen (secondary N) is 3. The molecule has 4 aromatic rings. The van der Waals surface area contributed by atoms with Gasteiger partial charge >= 0.3 is 48.6 Å². The van der Waals surface area contributed by atoms with E-state index in [0.29, 0.717) is 39.4 Å². The molecule has 0 spiro atoms. The van der Waals surface area contributed by atoms with Gasteiger partial charge < -0.3 is 41.3 Å². The second-order valence-electron chi connectivity index (χ2n) is 15.4. The molecule has 5 heterocycles. The van der Waals surface area contributed by atoms with E-state index in [1.165, 1.54) is 55.7 Å². The summed E-state index contributed by atoms with van der Waals surface area (Å²) in [6.07, 6.45) is -14.2. The molecule has 3 unspecified atom stereocenters. The topological polar surface area (TPSA) is 201 Å². The number of alkyl halides is 12. The van der Waals surface area contributed by atoms with E-state index in [1.807, 2.05) is 5.32 Å². The minimum Gasteiger partial charge on any atom is -0.478 e. The second kappa shape index (κ2) is 21.7. The zero-order valence-corrected chi connectivity index (χ0v) is 38.4. The molecule has 396 valence electrons. The molecule has 1 aromatic heterocycles. The van der Waals surface area contributed by atoms with E-state index in [-0.39, 0.29) is 39.0 Å². The lowest BCUT2D eigenvalue weighted by molar-refractivity contribution is -0.150. The number of hydrogen-bond acceptors (Lipinski definition) is 9. The molecule has 7 N–H and O–H groups in total.